The summed E-state index contributed by atoms with van der Waals surface area (Å²) in [7, 11) is 0. The number of esters is 1. The summed E-state index contributed by atoms with van der Waals surface area (Å²) in [6, 6.07) is 9.12. The smallest absolute Gasteiger partial charge is 0.408 e. The van der Waals surface area contributed by atoms with Crippen LogP contribution in [0.4, 0.5) is 4.79 Å². The van der Waals surface area contributed by atoms with Crippen LogP contribution < -0.4 is 5.32 Å². The highest BCUT2D eigenvalue weighted by molar-refractivity contribution is 5.81. The molecule has 0 saturated heterocycles. The first-order chi connectivity index (χ1) is 13.5. The van der Waals surface area contributed by atoms with Gasteiger partial charge >= 0.3 is 12.1 Å². The van der Waals surface area contributed by atoms with E-state index < -0.39 is 29.8 Å². The number of amides is 1. The number of carbonyl (C=O) groups excluding carboxylic acids is 2. The number of benzene rings is 1. The maximum absolute atomic E-state index is 12.4. The molecular weight excluding hydrogens is 370 g/mol. The molecule has 0 fully saturated rings. The van der Waals surface area contributed by atoms with Crippen LogP contribution in [-0.2, 0) is 19.0 Å². The van der Waals surface area contributed by atoms with Gasteiger partial charge < -0.3 is 19.5 Å². The van der Waals surface area contributed by atoms with Crippen molar-refractivity contribution < 1.29 is 23.8 Å². The average Bonchev–Trinajstić information content (AvgIpc) is 2.61. The Labute approximate surface area is 174 Å². The lowest BCUT2D eigenvalue weighted by atomic mass is 10.0. The summed E-state index contributed by atoms with van der Waals surface area (Å²) in [5, 5.41) is 2.50. The SMILES string of the molecule is CC(C)C(OC(=O)[C@H](C)NC(=O)OC(C)(C)C)[C@H](C)OC/C=C/c1ccccc1. The third-order valence-electron chi connectivity index (χ3n) is 4.02. The van der Waals surface area contributed by atoms with Gasteiger partial charge in [0, 0.05) is 0 Å². The maximum atomic E-state index is 12.4. The molecule has 0 saturated carbocycles. The molecule has 1 rings (SSSR count). The summed E-state index contributed by atoms with van der Waals surface area (Å²) in [6.07, 6.45) is 2.52. The van der Waals surface area contributed by atoms with Crippen LogP contribution in [0.2, 0.25) is 0 Å². The van der Waals surface area contributed by atoms with Crippen molar-refractivity contribution in [1.82, 2.24) is 5.32 Å². The van der Waals surface area contributed by atoms with E-state index in [1.54, 1.807) is 27.7 Å². The Morgan fingerprint density at radius 1 is 1.07 bits per heavy atom. The van der Waals surface area contributed by atoms with Gasteiger partial charge in [0.2, 0.25) is 0 Å². The average molecular weight is 406 g/mol. The van der Waals surface area contributed by atoms with E-state index >= 15 is 0 Å². The highest BCUT2D eigenvalue weighted by Gasteiger charge is 2.29. The topological polar surface area (TPSA) is 73.9 Å². The Morgan fingerprint density at radius 3 is 2.24 bits per heavy atom. The van der Waals surface area contributed by atoms with Gasteiger partial charge in [-0.3, -0.25) is 0 Å². The lowest BCUT2D eigenvalue weighted by molar-refractivity contribution is -0.162. The summed E-state index contributed by atoms with van der Waals surface area (Å²) < 4.78 is 16.6. The molecule has 6 heteroatoms. The summed E-state index contributed by atoms with van der Waals surface area (Å²) >= 11 is 0. The lowest BCUT2D eigenvalue weighted by Crippen LogP contribution is -2.45. The molecule has 0 aliphatic heterocycles. The third kappa shape index (κ3) is 10.1. The molecular formula is C23H35NO5. The predicted molar refractivity (Wildman–Crippen MR) is 114 cm³/mol. The zero-order valence-electron chi connectivity index (χ0n) is 18.6. The number of hydrogen-bond acceptors (Lipinski definition) is 5. The number of alkyl carbamates (subject to hydrolysis) is 1. The quantitative estimate of drug-likeness (QED) is 0.609. The standard InChI is InChI=1S/C23H35NO5/c1-16(2)20(18(4)27-15-11-14-19-12-9-8-10-13-19)28-21(25)17(3)24-22(26)29-23(5,6)7/h8-14,16-18,20H,15H2,1-7H3,(H,24,26)/b14-11+/t17-,18-,20?/m0/s1. The van der Waals surface area contributed by atoms with Crippen molar-refractivity contribution in [3.63, 3.8) is 0 Å². The first-order valence-electron chi connectivity index (χ1n) is 10.0. The second kappa shape index (κ2) is 11.6. The predicted octanol–water partition coefficient (Wildman–Crippen LogP) is 4.59. The van der Waals surface area contributed by atoms with Gasteiger partial charge in [0.05, 0.1) is 12.7 Å². The van der Waals surface area contributed by atoms with Crippen LogP contribution in [0.5, 0.6) is 0 Å². The second-order valence-electron chi connectivity index (χ2n) is 8.36. The molecule has 3 atom stereocenters. The van der Waals surface area contributed by atoms with E-state index in [4.69, 9.17) is 14.2 Å². The van der Waals surface area contributed by atoms with Crippen LogP contribution in [-0.4, -0.2) is 42.5 Å². The third-order valence-corrected chi connectivity index (χ3v) is 4.02. The molecule has 0 heterocycles. The van der Waals surface area contributed by atoms with E-state index in [0.29, 0.717) is 6.61 Å². The fraction of sp³-hybridized carbons (Fsp3) is 0.565. The van der Waals surface area contributed by atoms with E-state index in [9.17, 15) is 9.59 Å². The molecule has 1 aromatic rings. The minimum atomic E-state index is -0.823. The molecule has 29 heavy (non-hydrogen) atoms. The van der Waals surface area contributed by atoms with Gasteiger partial charge in [0.25, 0.3) is 0 Å². The van der Waals surface area contributed by atoms with Crippen molar-refractivity contribution in [2.75, 3.05) is 6.61 Å². The molecule has 1 unspecified atom stereocenters. The van der Waals surface area contributed by atoms with E-state index in [2.05, 4.69) is 5.32 Å². The first kappa shape index (κ1) is 24.7. The van der Waals surface area contributed by atoms with Gasteiger partial charge in [-0.25, -0.2) is 9.59 Å². The van der Waals surface area contributed by atoms with E-state index in [1.165, 1.54) is 0 Å². The molecule has 6 nitrogen and oxygen atoms in total. The molecule has 1 aromatic carbocycles. The van der Waals surface area contributed by atoms with Gasteiger partial charge in [-0.15, -0.1) is 0 Å². The molecule has 0 bridgehead atoms. The van der Waals surface area contributed by atoms with Crippen molar-refractivity contribution in [2.24, 2.45) is 5.92 Å². The molecule has 162 valence electrons. The minimum absolute atomic E-state index is 0.0563. The van der Waals surface area contributed by atoms with Crippen LogP contribution in [0, 0.1) is 5.92 Å². The fourth-order valence-corrected chi connectivity index (χ4v) is 2.60. The van der Waals surface area contributed by atoms with Crippen molar-refractivity contribution in [1.29, 1.82) is 0 Å². The Hall–Kier alpha value is -2.34. The van der Waals surface area contributed by atoms with Crippen LogP contribution in [0.3, 0.4) is 0 Å². The number of ether oxygens (including phenoxy) is 3. The van der Waals surface area contributed by atoms with Crippen molar-refractivity contribution in [3.8, 4) is 0 Å². The Bertz CT molecular complexity index is 664. The van der Waals surface area contributed by atoms with Gasteiger partial charge in [0.1, 0.15) is 17.7 Å². The van der Waals surface area contributed by atoms with Crippen molar-refractivity contribution >= 4 is 18.1 Å². The Balaban J connectivity index is 2.54. The molecule has 0 aromatic heterocycles. The zero-order valence-corrected chi connectivity index (χ0v) is 18.6. The summed E-state index contributed by atoms with van der Waals surface area (Å²) in [5.41, 5.74) is 0.460. The fourth-order valence-electron chi connectivity index (χ4n) is 2.60. The highest BCUT2D eigenvalue weighted by atomic mass is 16.6. The van der Waals surface area contributed by atoms with Crippen molar-refractivity contribution in [3.05, 3.63) is 42.0 Å². The molecule has 0 spiro atoms. The number of carbonyl (C=O) groups is 2. The van der Waals surface area contributed by atoms with E-state index in [1.807, 2.05) is 63.3 Å². The number of hydrogen-bond donors (Lipinski definition) is 1. The van der Waals surface area contributed by atoms with Crippen molar-refractivity contribution in [2.45, 2.75) is 72.3 Å². The zero-order chi connectivity index (χ0) is 22.0. The monoisotopic (exact) mass is 405 g/mol. The normalized spacial score (nSPS) is 15.0. The molecule has 0 radical (unpaired) electrons. The molecule has 1 N–H and O–H groups in total. The summed E-state index contributed by atoms with van der Waals surface area (Å²) in [4.78, 5) is 24.3. The number of nitrogens with one attached hydrogen (secondary N) is 1. The van der Waals surface area contributed by atoms with E-state index in [-0.39, 0.29) is 12.0 Å². The number of rotatable bonds is 9. The van der Waals surface area contributed by atoms with E-state index in [0.717, 1.165) is 5.56 Å². The Kier molecular flexibility index (Phi) is 9.89. The van der Waals surface area contributed by atoms with Crippen LogP contribution >= 0.6 is 0 Å². The second-order valence-corrected chi connectivity index (χ2v) is 8.36. The summed E-state index contributed by atoms with van der Waals surface area (Å²) in [5.74, 6) is -0.467. The largest absolute Gasteiger partial charge is 0.458 e. The summed E-state index contributed by atoms with van der Waals surface area (Å²) in [6.45, 7) is 13.1. The van der Waals surface area contributed by atoms with Gasteiger partial charge in [-0.2, -0.15) is 0 Å². The van der Waals surface area contributed by atoms with Gasteiger partial charge in [-0.05, 0) is 46.1 Å². The van der Waals surface area contributed by atoms with Crippen LogP contribution in [0.15, 0.2) is 36.4 Å². The lowest BCUT2D eigenvalue weighted by Gasteiger charge is -2.28. The molecule has 1 amide bonds. The van der Waals surface area contributed by atoms with Crippen LogP contribution in [0.1, 0.15) is 54.0 Å². The first-order valence-corrected chi connectivity index (χ1v) is 10.0. The van der Waals surface area contributed by atoms with Gasteiger partial charge in [0.15, 0.2) is 0 Å². The van der Waals surface area contributed by atoms with Gasteiger partial charge in [-0.1, -0.05) is 56.3 Å². The highest BCUT2D eigenvalue weighted by Crippen LogP contribution is 2.16. The van der Waals surface area contributed by atoms with Crippen LogP contribution in [0.25, 0.3) is 6.08 Å². The Morgan fingerprint density at radius 2 is 1.69 bits per heavy atom. The molecule has 0 aliphatic carbocycles. The molecule has 0 aliphatic rings. The maximum Gasteiger partial charge on any atom is 0.408 e. The minimum Gasteiger partial charge on any atom is -0.458 e.